The number of hydrogen-bond donors (Lipinski definition) is 1. The normalized spacial score (nSPS) is 23.1. The summed E-state index contributed by atoms with van der Waals surface area (Å²) in [4.78, 5) is 14.6. The van der Waals surface area contributed by atoms with Crippen LogP contribution in [0.2, 0.25) is 0 Å². The van der Waals surface area contributed by atoms with Gasteiger partial charge in [-0.3, -0.25) is 4.79 Å². The fourth-order valence-electron chi connectivity index (χ4n) is 3.67. The zero-order chi connectivity index (χ0) is 14.2. The molecule has 0 atom stereocenters. The molecule has 1 N–H and O–H groups in total. The average Bonchev–Trinajstić information content (AvgIpc) is 2.45. The highest BCUT2D eigenvalue weighted by molar-refractivity contribution is 5.78. The van der Waals surface area contributed by atoms with Crippen molar-refractivity contribution in [2.45, 2.75) is 64.2 Å². The van der Waals surface area contributed by atoms with E-state index < -0.39 is 0 Å². The molecule has 0 radical (unpaired) electrons. The van der Waals surface area contributed by atoms with Gasteiger partial charge in [-0.15, -0.1) is 0 Å². The summed E-state index contributed by atoms with van der Waals surface area (Å²) in [7, 11) is 2.02. The first-order chi connectivity index (χ1) is 9.77. The third kappa shape index (κ3) is 5.08. The van der Waals surface area contributed by atoms with Crippen LogP contribution in [-0.4, -0.2) is 37.5 Å². The average molecular weight is 280 g/mol. The highest BCUT2D eigenvalue weighted by Gasteiger charge is 2.23. The van der Waals surface area contributed by atoms with E-state index in [1.165, 1.54) is 51.4 Å². The number of rotatable bonds is 4. The van der Waals surface area contributed by atoms with Gasteiger partial charge in [0, 0.05) is 19.5 Å². The van der Waals surface area contributed by atoms with Crippen LogP contribution < -0.4 is 5.32 Å². The maximum atomic E-state index is 12.5. The molecule has 0 aromatic carbocycles. The third-order valence-electron chi connectivity index (χ3n) is 5.16. The summed E-state index contributed by atoms with van der Waals surface area (Å²) in [6, 6.07) is 0. The molecule has 0 bridgehead atoms. The Hall–Kier alpha value is -0.570. The molecule has 1 amide bonds. The molecule has 2 fully saturated rings. The van der Waals surface area contributed by atoms with Gasteiger partial charge in [0.15, 0.2) is 0 Å². The molecule has 20 heavy (non-hydrogen) atoms. The lowest BCUT2D eigenvalue weighted by Crippen LogP contribution is -2.36. The summed E-state index contributed by atoms with van der Waals surface area (Å²) in [5.41, 5.74) is 0. The second-order valence-corrected chi connectivity index (χ2v) is 6.78. The van der Waals surface area contributed by atoms with Crippen LogP contribution in [0, 0.1) is 11.8 Å². The van der Waals surface area contributed by atoms with E-state index in [-0.39, 0.29) is 0 Å². The third-order valence-corrected chi connectivity index (χ3v) is 5.16. The van der Waals surface area contributed by atoms with Gasteiger partial charge < -0.3 is 10.2 Å². The Balaban J connectivity index is 1.71. The predicted octanol–water partition coefficient (Wildman–Crippen LogP) is 3.20. The number of nitrogens with zero attached hydrogens (tertiary/aromatic N) is 1. The van der Waals surface area contributed by atoms with Crippen molar-refractivity contribution in [3.05, 3.63) is 0 Å². The fraction of sp³-hybridized carbons (Fsp3) is 0.941. The minimum Gasteiger partial charge on any atom is -0.346 e. The Morgan fingerprint density at radius 2 is 1.60 bits per heavy atom. The lowest BCUT2D eigenvalue weighted by Gasteiger charge is -2.28. The van der Waals surface area contributed by atoms with E-state index in [2.05, 4.69) is 5.32 Å². The summed E-state index contributed by atoms with van der Waals surface area (Å²) in [5.74, 6) is 1.55. The maximum absolute atomic E-state index is 12.5. The van der Waals surface area contributed by atoms with Crippen LogP contribution in [0.3, 0.4) is 0 Å². The Bertz CT molecular complexity index is 279. The summed E-state index contributed by atoms with van der Waals surface area (Å²) in [6.45, 7) is 3.27. The minimum absolute atomic E-state index is 0.313. The van der Waals surface area contributed by atoms with Crippen LogP contribution in [0.25, 0.3) is 0 Å². The van der Waals surface area contributed by atoms with Crippen molar-refractivity contribution >= 4 is 5.91 Å². The molecule has 1 heterocycles. The fourth-order valence-corrected chi connectivity index (χ4v) is 3.67. The molecule has 0 aromatic heterocycles. The lowest BCUT2D eigenvalue weighted by molar-refractivity contribution is -0.135. The van der Waals surface area contributed by atoms with Crippen LogP contribution in [0.1, 0.15) is 64.2 Å². The van der Waals surface area contributed by atoms with Gasteiger partial charge in [-0.25, -0.2) is 0 Å². The van der Waals surface area contributed by atoms with Crippen molar-refractivity contribution < 1.29 is 4.79 Å². The second-order valence-electron chi connectivity index (χ2n) is 6.78. The highest BCUT2D eigenvalue weighted by Crippen LogP contribution is 2.24. The van der Waals surface area contributed by atoms with Gasteiger partial charge in [-0.2, -0.15) is 0 Å². The van der Waals surface area contributed by atoms with Crippen molar-refractivity contribution in [2.75, 3.05) is 26.7 Å². The van der Waals surface area contributed by atoms with Crippen molar-refractivity contribution in [2.24, 2.45) is 11.8 Å². The molecular weight excluding hydrogens is 248 g/mol. The van der Waals surface area contributed by atoms with Crippen LogP contribution in [0.5, 0.6) is 0 Å². The van der Waals surface area contributed by atoms with Gasteiger partial charge in [-0.1, -0.05) is 32.1 Å². The summed E-state index contributed by atoms with van der Waals surface area (Å²) in [6.07, 6.45) is 12.5. The summed E-state index contributed by atoms with van der Waals surface area (Å²) >= 11 is 0. The molecular formula is C17H32N2O. The molecule has 3 heteroatoms. The maximum Gasteiger partial charge on any atom is 0.225 e. The highest BCUT2D eigenvalue weighted by atomic mass is 16.2. The van der Waals surface area contributed by atoms with E-state index in [4.69, 9.17) is 0 Å². The topological polar surface area (TPSA) is 32.3 Å². The Kier molecular flexibility index (Phi) is 6.85. The van der Waals surface area contributed by atoms with Gasteiger partial charge >= 0.3 is 0 Å². The van der Waals surface area contributed by atoms with Gasteiger partial charge in [-0.05, 0) is 51.1 Å². The van der Waals surface area contributed by atoms with Gasteiger partial charge in [0.2, 0.25) is 5.91 Å². The number of carbonyl (C=O) groups excluding carboxylic acids is 1. The number of piperidine rings is 1. The first-order valence-electron chi connectivity index (χ1n) is 8.73. The van der Waals surface area contributed by atoms with E-state index in [9.17, 15) is 4.79 Å². The quantitative estimate of drug-likeness (QED) is 0.857. The Morgan fingerprint density at radius 3 is 2.25 bits per heavy atom. The number of hydrogen-bond acceptors (Lipinski definition) is 2. The van der Waals surface area contributed by atoms with Gasteiger partial charge in [0.05, 0.1) is 0 Å². The molecule has 0 spiro atoms. The largest absolute Gasteiger partial charge is 0.346 e. The Morgan fingerprint density at radius 1 is 1.00 bits per heavy atom. The standard InChI is InChI=1S/C17H32N2O/c1-19(14-11-15-9-12-18-13-10-15)17(20)16-7-5-3-2-4-6-8-16/h15-16,18H,2-14H2,1H3. The number of carbonyl (C=O) groups is 1. The molecule has 116 valence electrons. The van der Waals surface area contributed by atoms with Crippen molar-refractivity contribution in [1.82, 2.24) is 10.2 Å². The van der Waals surface area contributed by atoms with Crippen molar-refractivity contribution in [1.29, 1.82) is 0 Å². The molecule has 0 unspecified atom stereocenters. The molecule has 1 saturated heterocycles. The zero-order valence-corrected chi connectivity index (χ0v) is 13.2. The minimum atomic E-state index is 0.313. The van der Waals surface area contributed by atoms with E-state index in [0.717, 1.165) is 38.4 Å². The SMILES string of the molecule is CN(CCC1CCNCC1)C(=O)C1CCCCCCC1. The summed E-state index contributed by atoms with van der Waals surface area (Å²) < 4.78 is 0. The molecule has 1 aliphatic carbocycles. The number of amides is 1. The van der Waals surface area contributed by atoms with Crippen LogP contribution in [0.15, 0.2) is 0 Å². The first-order valence-corrected chi connectivity index (χ1v) is 8.73. The molecule has 0 aromatic rings. The molecule has 1 saturated carbocycles. The zero-order valence-electron chi connectivity index (χ0n) is 13.2. The van der Waals surface area contributed by atoms with E-state index in [1.807, 2.05) is 11.9 Å². The van der Waals surface area contributed by atoms with E-state index in [0.29, 0.717) is 11.8 Å². The van der Waals surface area contributed by atoms with Crippen LogP contribution in [-0.2, 0) is 4.79 Å². The second kappa shape index (κ2) is 8.66. The molecule has 1 aliphatic heterocycles. The predicted molar refractivity (Wildman–Crippen MR) is 83.7 cm³/mol. The lowest BCUT2D eigenvalue weighted by atomic mass is 9.90. The summed E-state index contributed by atoms with van der Waals surface area (Å²) in [5, 5.41) is 3.41. The van der Waals surface area contributed by atoms with Gasteiger partial charge in [0.1, 0.15) is 0 Å². The van der Waals surface area contributed by atoms with Crippen LogP contribution in [0.4, 0.5) is 0 Å². The van der Waals surface area contributed by atoms with Crippen molar-refractivity contribution in [3.63, 3.8) is 0 Å². The first kappa shape index (κ1) is 15.8. The Labute approximate surface area is 124 Å². The van der Waals surface area contributed by atoms with E-state index >= 15 is 0 Å². The molecule has 2 aliphatic rings. The smallest absolute Gasteiger partial charge is 0.225 e. The number of nitrogens with one attached hydrogen (secondary N) is 1. The molecule has 2 rings (SSSR count). The van der Waals surface area contributed by atoms with E-state index in [1.54, 1.807) is 0 Å². The van der Waals surface area contributed by atoms with Crippen LogP contribution >= 0.6 is 0 Å². The molecule has 3 nitrogen and oxygen atoms in total. The van der Waals surface area contributed by atoms with Gasteiger partial charge in [0.25, 0.3) is 0 Å². The van der Waals surface area contributed by atoms with Crippen molar-refractivity contribution in [3.8, 4) is 0 Å². The monoisotopic (exact) mass is 280 g/mol.